The summed E-state index contributed by atoms with van der Waals surface area (Å²) in [6.45, 7) is 2.18. The second-order valence-corrected chi connectivity index (χ2v) is 5.90. The highest BCUT2D eigenvalue weighted by Crippen LogP contribution is 2.23. The lowest BCUT2D eigenvalue weighted by Crippen LogP contribution is -2.14. The van der Waals surface area contributed by atoms with Crippen molar-refractivity contribution in [3.05, 3.63) is 0 Å². The molecule has 0 aromatic rings. The van der Waals surface area contributed by atoms with Gasteiger partial charge in [0, 0.05) is 16.6 Å². The quantitative estimate of drug-likeness (QED) is 0.473. The molecule has 1 N–H and O–H groups in total. The third kappa shape index (κ3) is 9.46. The van der Waals surface area contributed by atoms with Crippen LogP contribution in [-0.4, -0.2) is 21.3 Å². The van der Waals surface area contributed by atoms with Crippen LogP contribution < -0.4 is 0 Å². The molecule has 2 unspecified atom stereocenters. The Morgan fingerprint density at radius 3 is 2.44 bits per heavy atom. The van der Waals surface area contributed by atoms with E-state index in [-0.39, 0.29) is 11.8 Å². The first-order chi connectivity index (χ1) is 7.57. The maximum atomic E-state index is 10.3. The van der Waals surface area contributed by atoms with E-state index < -0.39 is 5.97 Å². The summed E-state index contributed by atoms with van der Waals surface area (Å²) >= 11 is 9.83. The van der Waals surface area contributed by atoms with Gasteiger partial charge in [-0.1, -0.05) is 48.5 Å². The van der Waals surface area contributed by atoms with Gasteiger partial charge in [0.1, 0.15) is 0 Å². The first-order valence-corrected chi connectivity index (χ1v) is 7.43. The number of halogens is 2. The van der Waals surface area contributed by atoms with Crippen LogP contribution in [0.4, 0.5) is 0 Å². The zero-order valence-electron chi connectivity index (χ0n) is 9.92. The summed E-state index contributed by atoms with van der Waals surface area (Å²) in [7, 11) is 0. The summed E-state index contributed by atoms with van der Waals surface area (Å²) in [6.07, 6.45) is 7.59. The van der Waals surface area contributed by atoms with Gasteiger partial charge in [0.05, 0.1) is 0 Å². The number of carbonyl (C=O) groups is 1. The summed E-state index contributed by atoms with van der Waals surface area (Å²) in [6, 6.07) is 0. The smallest absolute Gasteiger partial charge is 0.303 e. The van der Waals surface area contributed by atoms with Gasteiger partial charge in [-0.25, -0.2) is 0 Å². The molecule has 0 aliphatic heterocycles. The molecule has 4 heteroatoms. The van der Waals surface area contributed by atoms with E-state index in [1.807, 2.05) is 0 Å². The molecule has 0 aromatic heterocycles. The lowest BCUT2D eigenvalue weighted by molar-refractivity contribution is -0.137. The average molecular weight is 314 g/mol. The number of rotatable bonds is 10. The molecule has 0 fully saturated rings. The number of carboxylic acid groups (broad SMARTS) is 1. The number of alkyl halides is 2. The summed E-state index contributed by atoms with van der Waals surface area (Å²) < 4.78 is 0. The molecule has 0 bridgehead atoms. The third-order valence-corrected chi connectivity index (χ3v) is 4.52. The van der Waals surface area contributed by atoms with Gasteiger partial charge in [-0.15, -0.1) is 11.6 Å². The van der Waals surface area contributed by atoms with Gasteiger partial charge in [0.2, 0.25) is 0 Å². The Balaban J connectivity index is 3.46. The fourth-order valence-corrected chi connectivity index (χ4v) is 2.43. The molecule has 0 rings (SSSR count). The molecular formula is C12H22BrClO2. The van der Waals surface area contributed by atoms with Crippen molar-refractivity contribution in [1.82, 2.24) is 0 Å². The van der Waals surface area contributed by atoms with Gasteiger partial charge in [-0.05, 0) is 19.3 Å². The van der Waals surface area contributed by atoms with Crippen molar-refractivity contribution in [1.29, 1.82) is 0 Å². The first-order valence-electron chi connectivity index (χ1n) is 6.07. The minimum absolute atomic E-state index is 0.177. The monoisotopic (exact) mass is 312 g/mol. The maximum absolute atomic E-state index is 10.3. The molecule has 0 heterocycles. The molecule has 0 aromatic carbocycles. The molecule has 0 spiro atoms. The van der Waals surface area contributed by atoms with Crippen molar-refractivity contribution in [3.8, 4) is 0 Å². The Morgan fingerprint density at radius 2 is 1.88 bits per heavy atom. The fourth-order valence-electron chi connectivity index (χ4n) is 1.57. The standard InChI is InChI=1S/C12H22BrClO2/c1-2-3-4-8-11(14)10(13)7-5-6-9-12(15)16/h10-11H,2-9H2,1H3,(H,15,16). The number of unbranched alkanes of at least 4 members (excludes halogenated alkanes) is 3. The molecule has 2 atom stereocenters. The molecule has 0 saturated heterocycles. The Labute approximate surface area is 112 Å². The molecule has 0 aliphatic rings. The van der Waals surface area contributed by atoms with Crippen molar-refractivity contribution < 1.29 is 9.90 Å². The Bertz CT molecular complexity index is 188. The average Bonchev–Trinajstić information content (AvgIpc) is 2.24. The lowest BCUT2D eigenvalue weighted by Gasteiger charge is -2.15. The minimum atomic E-state index is -0.712. The van der Waals surface area contributed by atoms with E-state index in [2.05, 4.69) is 22.9 Å². The largest absolute Gasteiger partial charge is 0.481 e. The number of carboxylic acids is 1. The molecule has 96 valence electrons. The summed E-state index contributed by atoms with van der Waals surface area (Å²) in [5, 5.41) is 8.67. The zero-order chi connectivity index (χ0) is 12.4. The summed E-state index contributed by atoms with van der Waals surface area (Å²) in [5.74, 6) is -0.712. The van der Waals surface area contributed by atoms with E-state index in [1.165, 1.54) is 19.3 Å². The van der Waals surface area contributed by atoms with Gasteiger partial charge < -0.3 is 5.11 Å². The van der Waals surface area contributed by atoms with Gasteiger partial charge in [-0.3, -0.25) is 4.79 Å². The third-order valence-electron chi connectivity index (χ3n) is 2.60. The lowest BCUT2D eigenvalue weighted by atomic mass is 10.1. The van der Waals surface area contributed by atoms with E-state index in [1.54, 1.807) is 0 Å². The van der Waals surface area contributed by atoms with Crippen LogP contribution in [0.3, 0.4) is 0 Å². The highest BCUT2D eigenvalue weighted by atomic mass is 79.9. The van der Waals surface area contributed by atoms with Crippen molar-refractivity contribution >= 4 is 33.5 Å². The van der Waals surface area contributed by atoms with Crippen LogP contribution in [0, 0.1) is 0 Å². The predicted octanol–water partition coefficient (Wildman–Crippen LogP) is 4.58. The molecule has 0 saturated carbocycles. The van der Waals surface area contributed by atoms with Crippen LogP contribution in [0.15, 0.2) is 0 Å². The zero-order valence-corrected chi connectivity index (χ0v) is 12.3. The van der Waals surface area contributed by atoms with Crippen molar-refractivity contribution in [2.24, 2.45) is 0 Å². The fraction of sp³-hybridized carbons (Fsp3) is 0.917. The molecule has 16 heavy (non-hydrogen) atoms. The molecule has 2 nitrogen and oxygen atoms in total. The topological polar surface area (TPSA) is 37.3 Å². The highest BCUT2D eigenvalue weighted by molar-refractivity contribution is 9.09. The van der Waals surface area contributed by atoms with Crippen molar-refractivity contribution in [3.63, 3.8) is 0 Å². The predicted molar refractivity (Wildman–Crippen MR) is 72.6 cm³/mol. The van der Waals surface area contributed by atoms with Crippen LogP contribution in [0.5, 0.6) is 0 Å². The summed E-state index contributed by atoms with van der Waals surface area (Å²) in [4.78, 5) is 10.6. The molecular weight excluding hydrogens is 291 g/mol. The van der Waals surface area contributed by atoms with Crippen LogP contribution in [0.25, 0.3) is 0 Å². The Hall–Kier alpha value is 0.240. The van der Waals surface area contributed by atoms with Crippen LogP contribution in [0.2, 0.25) is 0 Å². The second kappa shape index (κ2) is 10.4. The minimum Gasteiger partial charge on any atom is -0.481 e. The SMILES string of the molecule is CCCCCC(Cl)C(Br)CCCCC(=O)O. The van der Waals surface area contributed by atoms with E-state index in [9.17, 15) is 4.79 Å². The van der Waals surface area contributed by atoms with Gasteiger partial charge in [-0.2, -0.15) is 0 Å². The number of aliphatic carboxylic acids is 1. The normalized spacial score (nSPS) is 14.7. The number of hydrogen-bond acceptors (Lipinski definition) is 1. The van der Waals surface area contributed by atoms with E-state index in [4.69, 9.17) is 16.7 Å². The molecule has 0 radical (unpaired) electrons. The van der Waals surface area contributed by atoms with Crippen LogP contribution in [-0.2, 0) is 4.79 Å². The molecule has 0 aliphatic carbocycles. The Morgan fingerprint density at radius 1 is 1.25 bits per heavy atom. The molecule has 0 amide bonds. The Kier molecular flexibility index (Phi) is 10.6. The van der Waals surface area contributed by atoms with E-state index in [0.717, 1.165) is 25.7 Å². The highest BCUT2D eigenvalue weighted by Gasteiger charge is 2.15. The van der Waals surface area contributed by atoms with Crippen molar-refractivity contribution in [2.75, 3.05) is 0 Å². The van der Waals surface area contributed by atoms with E-state index in [0.29, 0.717) is 4.83 Å². The second-order valence-electron chi connectivity index (χ2n) is 4.17. The van der Waals surface area contributed by atoms with Crippen LogP contribution >= 0.6 is 27.5 Å². The van der Waals surface area contributed by atoms with Gasteiger partial charge in [0.25, 0.3) is 0 Å². The summed E-state index contributed by atoms with van der Waals surface area (Å²) in [5.41, 5.74) is 0. The van der Waals surface area contributed by atoms with E-state index >= 15 is 0 Å². The van der Waals surface area contributed by atoms with Gasteiger partial charge >= 0.3 is 5.97 Å². The maximum Gasteiger partial charge on any atom is 0.303 e. The van der Waals surface area contributed by atoms with Crippen LogP contribution in [0.1, 0.15) is 58.3 Å². The van der Waals surface area contributed by atoms with Crippen molar-refractivity contribution in [2.45, 2.75) is 68.5 Å². The number of hydrogen-bond donors (Lipinski definition) is 1. The van der Waals surface area contributed by atoms with Gasteiger partial charge in [0.15, 0.2) is 0 Å². The first kappa shape index (κ1) is 16.2.